The zero-order valence-corrected chi connectivity index (χ0v) is 11.3. The van der Waals surface area contributed by atoms with Crippen molar-refractivity contribution in [2.75, 3.05) is 13.1 Å². The number of sulfonamides is 1. The van der Waals surface area contributed by atoms with E-state index in [0.29, 0.717) is 18.0 Å². The molecule has 4 heteroatoms. The third kappa shape index (κ3) is 2.26. The molecule has 1 aliphatic rings. The smallest absolute Gasteiger partial charge is 0.207 e. The number of hydrogen-bond acceptors (Lipinski definition) is 2. The first-order valence-electron chi connectivity index (χ1n) is 5.81. The van der Waals surface area contributed by atoms with Crippen LogP contribution in [-0.2, 0) is 10.0 Å². The van der Waals surface area contributed by atoms with Crippen LogP contribution in [0.4, 0.5) is 0 Å². The normalized spacial score (nSPS) is 21.2. The lowest BCUT2D eigenvalue weighted by Gasteiger charge is -2.16. The summed E-state index contributed by atoms with van der Waals surface area (Å²) in [6.45, 7) is 10.6. The molecule has 1 aliphatic heterocycles. The van der Waals surface area contributed by atoms with E-state index in [0.717, 1.165) is 11.1 Å². The number of hydrogen-bond donors (Lipinski definition) is 0. The second-order valence-electron chi connectivity index (χ2n) is 4.67. The van der Waals surface area contributed by atoms with Crippen molar-refractivity contribution in [3.63, 3.8) is 0 Å². The molecule has 0 spiro atoms. The summed E-state index contributed by atoms with van der Waals surface area (Å²) in [6.07, 6.45) is 0. The fraction of sp³-hybridized carbons (Fsp3) is 0.286. The van der Waals surface area contributed by atoms with Crippen LogP contribution in [0, 0.1) is 5.92 Å². The van der Waals surface area contributed by atoms with Crippen LogP contribution in [0.1, 0.15) is 6.92 Å². The van der Waals surface area contributed by atoms with E-state index >= 15 is 0 Å². The Bertz CT molecular complexity index is 575. The van der Waals surface area contributed by atoms with Gasteiger partial charge in [-0.25, -0.2) is 8.42 Å². The van der Waals surface area contributed by atoms with Crippen LogP contribution >= 0.6 is 0 Å². The van der Waals surface area contributed by atoms with Crippen molar-refractivity contribution >= 4 is 10.0 Å². The molecule has 0 N–H and O–H groups in total. The molecular weight excluding hydrogens is 246 g/mol. The predicted octanol–water partition coefficient (Wildman–Crippen LogP) is 2.44. The van der Waals surface area contributed by atoms with E-state index in [9.17, 15) is 8.42 Å². The highest BCUT2D eigenvalue weighted by Gasteiger charge is 2.34. The first kappa shape index (κ1) is 13.1. The molecule has 2 rings (SSSR count). The minimum atomic E-state index is -3.41. The summed E-state index contributed by atoms with van der Waals surface area (Å²) in [5.74, 6) is 0.0727. The molecule has 1 saturated heterocycles. The van der Waals surface area contributed by atoms with Gasteiger partial charge in [0.1, 0.15) is 0 Å². The molecule has 1 unspecified atom stereocenters. The summed E-state index contributed by atoms with van der Waals surface area (Å²) in [5.41, 5.74) is 1.88. The van der Waals surface area contributed by atoms with E-state index < -0.39 is 10.0 Å². The van der Waals surface area contributed by atoms with E-state index in [1.54, 1.807) is 30.3 Å². The molecule has 1 aromatic rings. The Morgan fingerprint density at radius 2 is 1.94 bits per heavy atom. The summed E-state index contributed by atoms with van der Waals surface area (Å²) in [4.78, 5) is 0.333. The summed E-state index contributed by atoms with van der Waals surface area (Å²) < 4.78 is 26.3. The Morgan fingerprint density at radius 1 is 1.33 bits per heavy atom. The largest absolute Gasteiger partial charge is 0.243 e. The maximum absolute atomic E-state index is 12.4. The maximum atomic E-state index is 12.4. The van der Waals surface area contributed by atoms with Gasteiger partial charge in [0, 0.05) is 19.0 Å². The summed E-state index contributed by atoms with van der Waals surface area (Å²) in [7, 11) is -3.41. The van der Waals surface area contributed by atoms with Gasteiger partial charge in [0.05, 0.1) is 4.90 Å². The lowest BCUT2D eigenvalue weighted by molar-refractivity contribution is 0.468. The van der Waals surface area contributed by atoms with Gasteiger partial charge in [-0.3, -0.25) is 0 Å². The van der Waals surface area contributed by atoms with Gasteiger partial charge in [-0.1, -0.05) is 42.5 Å². The molecule has 0 aliphatic carbocycles. The Labute approximate surface area is 108 Å². The Balaban J connectivity index is 2.29. The molecule has 1 fully saturated rings. The standard InChI is InChI=1S/C14H17NO2S/c1-11(2)14-10-15(9-12(14)3)18(16,17)13-7-5-4-6-8-13/h4-8,14H,1,3,9-10H2,2H3. The van der Waals surface area contributed by atoms with Gasteiger partial charge >= 0.3 is 0 Å². The van der Waals surface area contributed by atoms with Crippen LogP contribution in [0.15, 0.2) is 59.5 Å². The summed E-state index contributed by atoms with van der Waals surface area (Å²) in [6, 6.07) is 8.50. The molecule has 0 bridgehead atoms. The average Bonchev–Trinajstić information content (AvgIpc) is 2.73. The van der Waals surface area contributed by atoms with E-state index in [2.05, 4.69) is 13.2 Å². The van der Waals surface area contributed by atoms with Gasteiger partial charge in [0.2, 0.25) is 10.0 Å². The lowest BCUT2D eigenvalue weighted by atomic mass is 9.98. The highest BCUT2D eigenvalue weighted by atomic mass is 32.2. The Morgan fingerprint density at radius 3 is 2.44 bits per heavy atom. The van der Waals surface area contributed by atoms with Gasteiger partial charge in [-0.05, 0) is 19.1 Å². The zero-order valence-electron chi connectivity index (χ0n) is 10.5. The second-order valence-corrected chi connectivity index (χ2v) is 6.61. The van der Waals surface area contributed by atoms with Crippen molar-refractivity contribution in [1.82, 2.24) is 4.31 Å². The monoisotopic (exact) mass is 263 g/mol. The minimum Gasteiger partial charge on any atom is -0.207 e. The third-order valence-electron chi connectivity index (χ3n) is 3.23. The summed E-state index contributed by atoms with van der Waals surface area (Å²) >= 11 is 0. The molecule has 0 amide bonds. The van der Waals surface area contributed by atoms with Gasteiger partial charge in [0.25, 0.3) is 0 Å². The third-order valence-corrected chi connectivity index (χ3v) is 5.06. The summed E-state index contributed by atoms with van der Waals surface area (Å²) in [5, 5.41) is 0. The van der Waals surface area contributed by atoms with Gasteiger partial charge in [0.15, 0.2) is 0 Å². The van der Waals surface area contributed by atoms with Crippen LogP contribution in [0.3, 0.4) is 0 Å². The fourth-order valence-electron chi connectivity index (χ4n) is 2.16. The first-order chi connectivity index (χ1) is 8.43. The molecule has 96 valence electrons. The van der Waals surface area contributed by atoms with E-state index in [4.69, 9.17) is 0 Å². The topological polar surface area (TPSA) is 37.4 Å². The molecule has 0 aromatic heterocycles. The molecule has 1 atom stereocenters. The van der Waals surface area contributed by atoms with Crippen LogP contribution in [0.25, 0.3) is 0 Å². The van der Waals surface area contributed by atoms with Gasteiger partial charge in [-0.15, -0.1) is 0 Å². The zero-order chi connectivity index (χ0) is 13.3. The van der Waals surface area contributed by atoms with E-state index in [-0.39, 0.29) is 5.92 Å². The van der Waals surface area contributed by atoms with Crippen LogP contribution in [-0.4, -0.2) is 25.8 Å². The van der Waals surface area contributed by atoms with E-state index in [1.807, 2.05) is 6.92 Å². The number of nitrogens with zero attached hydrogens (tertiary/aromatic N) is 1. The Kier molecular flexibility index (Phi) is 3.41. The van der Waals surface area contributed by atoms with Crippen molar-refractivity contribution in [3.05, 3.63) is 54.6 Å². The lowest BCUT2D eigenvalue weighted by Crippen LogP contribution is -2.29. The molecule has 0 saturated carbocycles. The van der Waals surface area contributed by atoms with E-state index in [1.165, 1.54) is 4.31 Å². The molecular formula is C14H17NO2S. The maximum Gasteiger partial charge on any atom is 0.243 e. The minimum absolute atomic E-state index is 0.0727. The van der Waals surface area contributed by atoms with Crippen molar-refractivity contribution in [1.29, 1.82) is 0 Å². The SMILES string of the molecule is C=C(C)C1CN(S(=O)(=O)c2ccccc2)CC1=C. The van der Waals surface area contributed by atoms with Crippen molar-refractivity contribution < 1.29 is 8.42 Å². The predicted molar refractivity (Wildman–Crippen MR) is 72.6 cm³/mol. The highest BCUT2D eigenvalue weighted by molar-refractivity contribution is 7.89. The molecule has 1 heterocycles. The number of rotatable bonds is 3. The fourth-order valence-corrected chi connectivity index (χ4v) is 3.64. The molecule has 0 radical (unpaired) electrons. The highest BCUT2D eigenvalue weighted by Crippen LogP contribution is 2.30. The average molecular weight is 263 g/mol. The number of benzene rings is 1. The second kappa shape index (κ2) is 4.71. The van der Waals surface area contributed by atoms with Crippen LogP contribution in [0.2, 0.25) is 0 Å². The molecule has 1 aromatic carbocycles. The Hall–Kier alpha value is -1.39. The van der Waals surface area contributed by atoms with Gasteiger partial charge in [-0.2, -0.15) is 4.31 Å². The van der Waals surface area contributed by atoms with Crippen LogP contribution in [0.5, 0.6) is 0 Å². The first-order valence-corrected chi connectivity index (χ1v) is 7.25. The van der Waals surface area contributed by atoms with Crippen molar-refractivity contribution in [2.24, 2.45) is 5.92 Å². The van der Waals surface area contributed by atoms with Crippen molar-refractivity contribution in [3.8, 4) is 0 Å². The van der Waals surface area contributed by atoms with Gasteiger partial charge < -0.3 is 0 Å². The quantitative estimate of drug-likeness (QED) is 0.785. The van der Waals surface area contributed by atoms with Crippen molar-refractivity contribution in [2.45, 2.75) is 11.8 Å². The molecule has 3 nitrogen and oxygen atoms in total. The van der Waals surface area contributed by atoms with Crippen LogP contribution < -0.4 is 0 Å². The molecule has 18 heavy (non-hydrogen) atoms.